The second-order valence-electron chi connectivity index (χ2n) is 7.92. The van der Waals surface area contributed by atoms with E-state index in [1.54, 1.807) is 32.2 Å². The number of benzene rings is 2. The van der Waals surface area contributed by atoms with Crippen LogP contribution in [-0.2, 0) is 11.3 Å². The molecule has 0 amide bonds. The lowest BCUT2D eigenvalue weighted by atomic mass is 10.1. The lowest BCUT2D eigenvalue weighted by Crippen LogP contribution is -2.42. The Morgan fingerprint density at radius 1 is 1.27 bits per heavy atom. The summed E-state index contributed by atoms with van der Waals surface area (Å²) in [5.41, 5.74) is 1.55. The smallest absolute Gasteiger partial charge is 0.320 e. The van der Waals surface area contributed by atoms with E-state index >= 15 is 0 Å². The third-order valence-corrected chi connectivity index (χ3v) is 5.65. The van der Waals surface area contributed by atoms with E-state index in [1.165, 1.54) is 12.4 Å². The van der Waals surface area contributed by atoms with Crippen molar-refractivity contribution in [3.05, 3.63) is 53.1 Å². The van der Waals surface area contributed by atoms with Crippen LogP contribution in [-0.4, -0.2) is 71.2 Å². The quantitative estimate of drug-likeness (QED) is 0.454. The standard InChI is InChI=1S/C23H27ClFN5O3/c1-14(23(31)32)30(9-8-29(2)3)12-15-10-16-19(11-20(15)33-4)26-13-27-22(16)28-18-7-5-6-17(24)21(18)25/h5-7,10-11,13-14H,8-9,12H2,1-4H3,(H,31,32)(H,26,27,28)/t14-/m0/s1. The Kier molecular flexibility index (Phi) is 8.01. The van der Waals surface area contributed by atoms with Crippen LogP contribution in [0.3, 0.4) is 0 Å². The zero-order valence-electron chi connectivity index (χ0n) is 19.0. The van der Waals surface area contributed by atoms with Crippen LogP contribution in [0.2, 0.25) is 5.02 Å². The van der Waals surface area contributed by atoms with Crippen LogP contribution in [0, 0.1) is 5.82 Å². The van der Waals surface area contributed by atoms with Gasteiger partial charge >= 0.3 is 5.97 Å². The van der Waals surface area contributed by atoms with Crippen molar-refractivity contribution in [1.82, 2.24) is 19.8 Å². The van der Waals surface area contributed by atoms with Gasteiger partial charge in [-0.2, -0.15) is 0 Å². The summed E-state index contributed by atoms with van der Waals surface area (Å²) >= 11 is 5.91. The fourth-order valence-corrected chi connectivity index (χ4v) is 3.56. The minimum Gasteiger partial charge on any atom is -0.496 e. The van der Waals surface area contributed by atoms with E-state index in [2.05, 4.69) is 15.3 Å². The fraction of sp³-hybridized carbons (Fsp3) is 0.348. The molecule has 1 atom stereocenters. The summed E-state index contributed by atoms with van der Waals surface area (Å²) in [5.74, 6) is -0.509. The number of ether oxygens (including phenoxy) is 1. The second-order valence-corrected chi connectivity index (χ2v) is 8.33. The minimum absolute atomic E-state index is 0.0000813. The first kappa shape index (κ1) is 24.6. The average molecular weight is 476 g/mol. The van der Waals surface area contributed by atoms with E-state index in [4.69, 9.17) is 16.3 Å². The molecule has 2 N–H and O–H groups in total. The van der Waals surface area contributed by atoms with Gasteiger partial charge in [-0.05, 0) is 39.2 Å². The number of anilines is 2. The zero-order chi connectivity index (χ0) is 24.1. The number of aromatic nitrogens is 2. The summed E-state index contributed by atoms with van der Waals surface area (Å²) in [7, 11) is 5.42. The van der Waals surface area contributed by atoms with Gasteiger partial charge in [0.25, 0.3) is 0 Å². The van der Waals surface area contributed by atoms with E-state index < -0.39 is 17.8 Å². The fourth-order valence-electron chi connectivity index (χ4n) is 3.38. The van der Waals surface area contributed by atoms with Gasteiger partial charge < -0.3 is 20.1 Å². The molecule has 33 heavy (non-hydrogen) atoms. The Morgan fingerprint density at radius 3 is 2.70 bits per heavy atom. The lowest BCUT2D eigenvalue weighted by molar-refractivity contribution is -0.142. The number of methoxy groups -OCH3 is 1. The van der Waals surface area contributed by atoms with Crippen LogP contribution in [0.25, 0.3) is 10.9 Å². The van der Waals surface area contributed by atoms with Gasteiger partial charge in [-0.1, -0.05) is 17.7 Å². The molecule has 10 heteroatoms. The van der Waals surface area contributed by atoms with Crippen molar-refractivity contribution in [2.75, 3.05) is 39.6 Å². The van der Waals surface area contributed by atoms with Crippen molar-refractivity contribution in [3.8, 4) is 5.75 Å². The Bertz CT molecular complexity index is 1140. The van der Waals surface area contributed by atoms with Crippen LogP contribution < -0.4 is 10.1 Å². The number of aliphatic carboxylic acids is 1. The van der Waals surface area contributed by atoms with Crippen LogP contribution in [0.5, 0.6) is 5.75 Å². The number of carbonyl (C=O) groups is 1. The molecule has 3 rings (SSSR count). The molecule has 0 saturated carbocycles. The van der Waals surface area contributed by atoms with Gasteiger partial charge in [-0.25, -0.2) is 14.4 Å². The number of hydrogen-bond acceptors (Lipinski definition) is 7. The molecular weight excluding hydrogens is 449 g/mol. The molecular formula is C23H27ClFN5O3. The van der Waals surface area contributed by atoms with Crippen molar-refractivity contribution < 1.29 is 19.0 Å². The van der Waals surface area contributed by atoms with Gasteiger partial charge in [0.15, 0.2) is 5.82 Å². The summed E-state index contributed by atoms with van der Waals surface area (Å²) in [6.45, 7) is 3.23. The van der Waals surface area contributed by atoms with Gasteiger partial charge in [0.05, 0.1) is 23.3 Å². The van der Waals surface area contributed by atoms with Crippen molar-refractivity contribution >= 4 is 40.0 Å². The second kappa shape index (κ2) is 10.7. The lowest BCUT2D eigenvalue weighted by Gasteiger charge is -2.28. The molecule has 0 bridgehead atoms. The number of carboxylic acids is 1. The Labute approximate surface area is 197 Å². The molecule has 0 radical (unpaired) electrons. The third kappa shape index (κ3) is 5.87. The number of nitrogens with one attached hydrogen (secondary N) is 1. The highest BCUT2D eigenvalue weighted by molar-refractivity contribution is 6.31. The molecule has 0 fully saturated rings. The SMILES string of the molecule is COc1cc2ncnc(Nc3cccc(Cl)c3F)c2cc1CN(CCN(C)C)[C@@H](C)C(=O)O. The van der Waals surface area contributed by atoms with Gasteiger partial charge in [-0.3, -0.25) is 9.69 Å². The van der Waals surface area contributed by atoms with Crippen LogP contribution in [0.4, 0.5) is 15.9 Å². The summed E-state index contributed by atoms with van der Waals surface area (Å²) in [5, 5.41) is 13.2. The summed E-state index contributed by atoms with van der Waals surface area (Å²) in [6.07, 6.45) is 1.38. The number of likely N-dealkylation sites (N-methyl/N-ethyl adjacent to an activating group) is 1. The topological polar surface area (TPSA) is 90.8 Å². The maximum Gasteiger partial charge on any atom is 0.320 e. The number of fused-ring (bicyclic) bond motifs is 1. The van der Waals surface area contributed by atoms with Crippen molar-refractivity contribution in [2.45, 2.75) is 19.5 Å². The summed E-state index contributed by atoms with van der Waals surface area (Å²) in [6, 6.07) is 7.58. The average Bonchev–Trinajstić information content (AvgIpc) is 2.78. The van der Waals surface area contributed by atoms with E-state index in [9.17, 15) is 14.3 Å². The van der Waals surface area contributed by atoms with E-state index in [1.807, 2.05) is 30.0 Å². The molecule has 0 aliphatic carbocycles. The minimum atomic E-state index is -0.907. The molecule has 8 nitrogen and oxygen atoms in total. The highest BCUT2D eigenvalue weighted by Gasteiger charge is 2.23. The molecule has 176 valence electrons. The molecule has 0 aliphatic rings. The monoisotopic (exact) mass is 475 g/mol. The highest BCUT2D eigenvalue weighted by Crippen LogP contribution is 2.32. The predicted octanol–water partition coefficient (Wildman–Crippen LogP) is 4.01. The molecule has 0 unspecified atom stereocenters. The Hall–Kier alpha value is -3.01. The van der Waals surface area contributed by atoms with Crippen LogP contribution >= 0.6 is 11.6 Å². The first-order valence-corrected chi connectivity index (χ1v) is 10.7. The van der Waals surface area contributed by atoms with Crippen molar-refractivity contribution in [2.24, 2.45) is 0 Å². The molecule has 2 aromatic carbocycles. The molecule has 0 spiro atoms. The first-order chi connectivity index (χ1) is 15.7. The van der Waals surface area contributed by atoms with Gasteiger partial charge in [-0.15, -0.1) is 0 Å². The largest absolute Gasteiger partial charge is 0.496 e. The van der Waals surface area contributed by atoms with E-state index in [-0.39, 0.29) is 10.7 Å². The predicted molar refractivity (Wildman–Crippen MR) is 127 cm³/mol. The summed E-state index contributed by atoms with van der Waals surface area (Å²) in [4.78, 5) is 24.1. The number of rotatable bonds is 10. The van der Waals surface area contributed by atoms with Gasteiger partial charge in [0, 0.05) is 36.7 Å². The van der Waals surface area contributed by atoms with Gasteiger partial charge in [0.2, 0.25) is 0 Å². The normalized spacial score (nSPS) is 12.4. The molecule has 0 aliphatic heterocycles. The maximum absolute atomic E-state index is 14.4. The number of carboxylic acid groups (broad SMARTS) is 1. The van der Waals surface area contributed by atoms with E-state index in [0.717, 1.165) is 5.56 Å². The first-order valence-electron chi connectivity index (χ1n) is 10.4. The Balaban J connectivity index is 2.03. The Morgan fingerprint density at radius 2 is 2.03 bits per heavy atom. The maximum atomic E-state index is 14.4. The van der Waals surface area contributed by atoms with Crippen molar-refractivity contribution in [1.29, 1.82) is 0 Å². The van der Waals surface area contributed by atoms with Crippen LogP contribution in [0.15, 0.2) is 36.7 Å². The number of hydrogen-bond donors (Lipinski definition) is 2. The molecule has 1 aromatic heterocycles. The highest BCUT2D eigenvalue weighted by atomic mass is 35.5. The summed E-state index contributed by atoms with van der Waals surface area (Å²) < 4.78 is 20.0. The molecule has 1 heterocycles. The van der Waals surface area contributed by atoms with Crippen LogP contribution in [0.1, 0.15) is 12.5 Å². The number of nitrogens with zero attached hydrogens (tertiary/aromatic N) is 4. The molecule has 3 aromatic rings. The van der Waals surface area contributed by atoms with Gasteiger partial charge in [0.1, 0.15) is 23.9 Å². The zero-order valence-corrected chi connectivity index (χ0v) is 19.7. The third-order valence-electron chi connectivity index (χ3n) is 5.36. The van der Waals surface area contributed by atoms with Crippen molar-refractivity contribution in [3.63, 3.8) is 0 Å². The van der Waals surface area contributed by atoms with E-state index in [0.29, 0.717) is 42.1 Å². The number of halogens is 2. The molecule has 0 saturated heterocycles.